The van der Waals surface area contributed by atoms with Crippen molar-refractivity contribution in [2.24, 2.45) is 0 Å². The zero-order valence-corrected chi connectivity index (χ0v) is 9.74. The molecule has 15 heavy (non-hydrogen) atoms. The standard InChI is InChI=1S/C9H13N3O2S/c1-4-15-9-10-5-7(6-11-9)8(13)12(2)14-3/h5-6H,4H2,1-3H3. The van der Waals surface area contributed by atoms with Gasteiger partial charge in [0.05, 0.1) is 12.7 Å². The van der Waals surface area contributed by atoms with E-state index in [1.165, 1.54) is 38.3 Å². The van der Waals surface area contributed by atoms with Gasteiger partial charge in [-0.25, -0.2) is 15.0 Å². The van der Waals surface area contributed by atoms with Crippen LogP contribution in [-0.2, 0) is 4.84 Å². The van der Waals surface area contributed by atoms with Crippen molar-refractivity contribution in [3.8, 4) is 0 Å². The highest BCUT2D eigenvalue weighted by molar-refractivity contribution is 7.99. The van der Waals surface area contributed by atoms with Crippen molar-refractivity contribution >= 4 is 17.7 Å². The molecule has 1 aromatic heterocycles. The number of hydroxylamine groups is 2. The van der Waals surface area contributed by atoms with E-state index in [0.717, 1.165) is 10.8 Å². The highest BCUT2D eigenvalue weighted by atomic mass is 32.2. The number of amides is 1. The largest absolute Gasteiger partial charge is 0.280 e. The zero-order chi connectivity index (χ0) is 11.3. The fraction of sp³-hybridized carbons (Fsp3) is 0.444. The van der Waals surface area contributed by atoms with E-state index in [4.69, 9.17) is 4.84 Å². The summed E-state index contributed by atoms with van der Waals surface area (Å²) in [6.45, 7) is 2.02. The molecule has 1 heterocycles. The van der Waals surface area contributed by atoms with Crippen LogP contribution in [-0.4, -0.2) is 40.8 Å². The molecule has 82 valence electrons. The maximum Gasteiger partial charge on any atom is 0.280 e. The van der Waals surface area contributed by atoms with E-state index in [9.17, 15) is 4.79 Å². The molecule has 5 nitrogen and oxygen atoms in total. The van der Waals surface area contributed by atoms with Gasteiger partial charge in [0.1, 0.15) is 0 Å². The highest BCUT2D eigenvalue weighted by Gasteiger charge is 2.11. The number of hydrogen-bond acceptors (Lipinski definition) is 5. The maximum absolute atomic E-state index is 11.6. The van der Waals surface area contributed by atoms with Crippen LogP contribution in [0.4, 0.5) is 0 Å². The third kappa shape index (κ3) is 3.17. The van der Waals surface area contributed by atoms with E-state index in [1.54, 1.807) is 0 Å². The Morgan fingerprint density at radius 1 is 1.53 bits per heavy atom. The van der Waals surface area contributed by atoms with Gasteiger partial charge in [-0.3, -0.25) is 9.63 Å². The second-order valence-corrected chi connectivity index (χ2v) is 3.90. The molecule has 0 atom stereocenters. The average Bonchev–Trinajstić information content (AvgIpc) is 2.28. The first-order valence-electron chi connectivity index (χ1n) is 4.46. The highest BCUT2D eigenvalue weighted by Crippen LogP contribution is 2.11. The molecule has 0 bridgehead atoms. The molecular weight excluding hydrogens is 214 g/mol. The van der Waals surface area contributed by atoms with E-state index in [-0.39, 0.29) is 5.91 Å². The third-order valence-electron chi connectivity index (χ3n) is 1.71. The molecule has 1 aromatic rings. The van der Waals surface area contributed by atoms with Crippen LogP contribution in [0.1, 0.15) is 17.3 Å². The Balaban J connectivity index is 2.75. The van der Waals surface area contributed by atoms with Gasteiger partial charge < -0.3 is 0 Å². The van der Waals surface area contributed by atoms with E-state index in [1.807, 2.05) is 6.92 Å². The van der Waals surface area contributed by atoms with Gasteiger partial charge in [-0.1, -0.05) is 18.7 Å². The molecule has 0 radical (unpaired) electrons. The normalized spacial score (nSPS) is 10.1. The summed E-state index contributed by atoms with van der Waals surface area (Å²) in [6, 6.07) is 0. The lowest BCUT2D eigenvalue weighted by Gasteiger charge is -2.12. The van der Waals surface area contributed by atoms with E-state index in [2.05, 4.69) is 9.97 Å². The Hall–Kier alpha value is -1.14. The third-order valence-corrected chi connectivity index (χ3v) is 2.47. The predicted molar refractivity (Wildman–Crippen MR) is 57.5 cm³/mol. The van der Waals surface area contributed by atoms with E-state index >= 15 is 0 Å². The number of carbonyl (C=O) groups is 1. The quantitative estimate of drug-likeness (QED) is 0.440. The zero-order valence-electron chi connectivity index (χ0n) is 8.93. The lowest BCUT2D eigenvalue weighted by Crippen LogP contribution is -2.25. The van der Waals surface area contributed by atoms with Gasteiger partial charge >= 0.3 is 0 Å². The summed E-state index contributed by atoms with van der Waals surface area (Å²) in [5, 5.41) is 1.81. The Bertz CT molecular complexity index is 329. The van der Waals surface area contributed by atoms with Crippen LogP contribution in [0.2, 0.25) is 0 Å². The van der Waals surface area contributed by atoms with Gasteiger partial charge in [-0.2, -0.15) is 0 Å². The summed E-state index contributed by atoms with van der Waals surface area (Å²) in [6.07, 6.45) is 3.01. The number of nitrogens with zero attached hydrogens (tertiary/aromatic N) is 3. The van der Waals surface area contributed by atoms with Gasteiger partial charge in [0.2, 0.25) is 0 Å². The van der Waals surface area contributed by atoms with Gasteiger partial charge in [0.15, 0.2) is 5.16 Å². The first-order valence-corrected chi connectivity index (χ1v) is 5.44. The van der Waals surface area contributed by atoms with Crippen molar-refractivity contribution in [3.05, 3.63) is 18.0 Å². The van der Waals surface area contributed by atoms with Gasteiger partial charge in [-0.05, 0) is 5.75 Å². The van der Waals surface area contributed by atoms with Crippen molar-refractivity contribution in [1.82, 2.24) is 15.0 Å². The summed E-state index contributed by atoms with van der Waals surface area (Å²) < 4.78 is 0. The maximum atomic E-state index is 11.6. The average molecular weight is 227 g/mol. The number of rotatable bonds is 4. The first-order chi connectivity index (χ1) is 7.19. The fourth-order valence-corrected chi connectivity index (χ4v) is 1.41. The SMILES string of the molecule is CCSc1ncc(C(=O)N(C)OC)cn1. The minimum atomic E-state index is -0.259. The summed E-state index contributed by atoms with van der Waals surface area (Å²) in [5.74, 6) is 0.649. The molecular formula is C9H13N3O2S. The molecule has 0 fully saturated rings. The summed E-state index contributed by atoms with van der Waals surface area (Å²) >= 11 is 1.53. The lowest BCUT2D eigenvalue weighted by atomic mass is 10.3. The van der Waals surface area contributed by atoms with Gasteiger partial charge in [0.25, 0.3) is 5.91 Å². The minimum absolute atomic E-state index is 0.259. The second kappa shape index (κ2) is 5.67. The molecule has 0 saturated carbocycles. The molecule has 0 N–H and O–H groups in total. The first kappa shape index (κ1) is 11.9. The van der Waals surface area contributed by atoms with Crippen LogP contribution in [0, 0.1) is 0 Å². The van der Waals surface area contributed by atoms with Crippen molar-refractivity contribution in [3.63, 3.8) is 0 Å². The van der Waals surface area contributed by atoms with Crippen LogP contribution in [0.5, 0.6) is 0 Å². The van der Waals surface area contributed by atoms with E-state index in [0.29, 0.717) is 10.7 Å². The summed E-state index contributed by atoms with van der Waals surface area (Å²) in [7, 11) is 2.97. The van der Waals surface area contributed by atoms with Crippen molar-refractivity contribution in [2.45, 2.75) is 12.1 Å². The second-order valence-electron chi connectivity index (χ2n) is 2.67. The minimum Gasteiger partial charge on any atom is -0.274 e. The molecule has 0 aromatic carbocycles. The Labute approximate surface area is 92.8 Å². The summed E-state index contributed by atoms with van der Waals surface area (Å²) in [5.41, 5.74) is 0.416. The Morgan fingerprint density at radius 2 is 2.13 bits per heavy atom. The molecule has 0 aliphatic heterocycles. The van der Waals surface area contributed by atoms with Crippen LogP contribution in [0.25, 0.3) is 0 Å². The van der Waals surface area contributed by atoms with Crippen LogP contribution >= 0.6 is 11.8 Å². The topological polar surface area (TPSA) is 55.3 Å². The Morgan fingerprint density at radius 3 is 2.60 bits per heavy atom. The Kier molecular flexibility index (Phi) is 4.51. The van der Waals surface area contributed by atoms with E-state index < -0.39 is 0 Å². The number of hydrogen-bond donors (Lipinski definition) is 0. The molecule has 6 heteroatoms. The molecule has 0 aliphatic rings. The van der Waals surface area contributed by atoms with Crippen LogP contribution in [0.3, 0.4) is 0 Å². The number of aromatic nitrogens is 2. The summed E-state index contributed by atoms with van der Waals surface area (Å²) in [4.78, 5) is 24.4. The van der Waals surface area contributed by atoms with Gasteiger partial charge in [-0.15, -0.1) is 0 Å². The molecule has 1 amide bonds. The predicted octanol–water partition coefficient (Wildman–Crippen LogP) is 1.22. The monoisotopic (exact) mass is 227 g/mol. The van der Waals surface area contributed by atoms with Crippen LogP contribution < -0.4 is 0 Å². The number of carbonyl (C=O) groups excluding carboxylic acids is 1. The van der Waals surface area contributed by atoms with Gasteiger partial charge in [0, 0.05) is 19.4 Å². The molecule has 0 saturated heterocycles. The van der Waals surface area contributed by atoms with Crippen molar-refractivity contribution in [2.75, 3.05) is 19.9 Å². The molecule has 0 spiro atoms. The fourth-order valence-electron chi connectivity index (χ4n) is 0.895. The molecule has 0 aliphatic carbocycles. The van der Waals surface area contributed by atoms with Crippen molar-refractivity contribution in [1.29, 1.82) is 0 Å². The number of thioether (sulfide) groups is 1. The van der Waals surface area contributed by atoms with Crippen LogP contribution in [0.15, 0.2) is 17.6 Å². The smallest absolute Gasteiger partial charge is 0.274 e. The molecule has 1 rings (SSSR count). The molecule has 0 unspecified atom stereocenters. The van der Waals surface area contributed by atoms with Crippen molar-refractivity contribution < 1.29 is 9.63 Å². The lowest BCUT2D eigenvalue weighted by molar-refractivity contribution is -0.0757.